The van der Waals surface area contributed by atoms with Crippen molar-refractivity contribution < 1.29 is 19.1 Å². The number of nitrogens with zero attached hydrogens (tertiary/aromatic N) is 4. The maximum atomic E-state index is 13.6. The Morgan fingerprint density at radius 2 is 1.97 bits per heavy atom. The fourth-order valence-corrected chi connectivity index (χ4v) is 6.34. The number of Topliss-reactive ketones (excluding diaryl/α,β-unsaturated/α-hetero) is 1. The zero-order valence-corrected chi connectivity index (χ0v) is 22.9. The van der Waals surface area contributed by atoms with Gasteiger partial charge < -0.3 is 15.2 Å². The number of carbonyl (C=O) groups excluding carboxylic acids is 2. The van der Waals surface area contributed by atoms with Gasteiger partial charge in [0.05, 0.1) is 36.5 Å². The van der Waals surface area contributed by atoms with Crippen molar-refractivity contribution in [3.63, 3.8) is 0 Å². The number of esters is 1. The van der Waals surface area contributed by atoms with E-state index in [1.165, 1.54) is 23.1 Å². The Balaban J connectivity index is 1.78. The molecule has 2 heterocycles. The van der Waals surface area contributed by atoms with Crippen LogP contribution in [-0.4, -0.2) is 40.9 Å². The molecule has 0 saturated carbocycles. The number of nitriles is 1. The van der Waals surface area contributed by atoms with Crippen LogP contribution in [-0.2, 0) is 14.3 Å². The normalized spacial score (nSPS) is 18.9. The molecule has 194 valence electrons. The van der Waals surface area contributed by atoms with Crippen molar-refractivity contribution in [3.05, 3.63) is 52.5 Å². The van der Waals surface area contributed by atoms with E-state index in [0.29, 0.717) is 46.8 Å². The first kappa shape index (κ1) is 26.7. The van der Waals surface area contributed by atoms with Gasteiger partial charge in [0, 0.05) is 17.7 Å². The molecule has 1 unspecified atom stereocenters. The van der Waals surface area contributed by atoms with Gasteiger partial charge in [-0.1, -0.05) is 49.1 Å². The van der Waals surface area contributed by atoms with Crippen molar-refractivity contribution in [3.8, 4) is 11.8 Å². The molecule has 1 aromatic heterocycles. The van der Waals surface area contributed by atoms with E-state index in [0.717, 1.165) is 11.3 Å². The molecule has 4 rings (SSSR count). The average Bonchev–Trinajstić information content (AvgIpc) is 3.31. The summed E-state index contributed by atoms with van der Waals surface area (Å²) in [5.74, 6) is 0.111. The van der Waals surface area contributed by atoms with Crippen LogP contribution in [0.15, 0.2) is 51.3 Å². The minimum absolute atomic E-state index is 0.0168. The summed E-state index contributed by atoms with van der Waals surface area (Å²) >= 11 is 2.47. The lowest BCUT2D eigenvalue weighted by Crippen LogP contribution is -2.42. The summed E-state index contributed by atoms with van der Waals surface area (Å²) in [7, 11) is 0. The average molecular weight is 540 g/mol. The van der Waals surface area contributed by atoms with Crippen LogP contribution in [0, 0.1) is 16.7 Å². The predicted molar refractivity (Wildman–Crippen MR) is 142 cm³/mol. The fraction of sp³-hybridized carbons (Fsp3) is 0.423. The third-order valence-electron chi connectivity index (χ3n) is 6.11. The van der Waals surface area contributed by atoms with Gasteiger partial charge in [-0.25, -0.2) is 0 Å². The molecule has 1 atom stereocenters. The van der Waals surface area contributed by atoms with Gasteiger partial charge in [0.15, 0.2) is 10.1 Å². The third-order valence-corrected chi connectivity index (χ3v) is 8.13. The second kappa shape index (κ2) is 10.9. The first-order valence-corrected chi connectivity index (χ1v) is 13.8. The number of nitrogens with two attached hydrogens (primary N) is 1. The summed E-state index contributed by atoms with van der Waals surface area (Å²) in [6.45, 7) is 8.59. The van der Waals surface area contributed by atoms with E-state index in [9.17, 15) is 14.9 Å². The van der Waals surface area contributed by atoms with Gasteiger partial charge in [0.1, 0.15) is 11.6 Å². The van der Waals surface area contributed by atoms with Crippen molar-refractivity contribution in [2.45, 2.75) is 50.8 Å². The Bertz CT molecular complexity index is 1310. The van der Waals surface area contributed by atoms with E-state index in [1.807, 2.05) is 45.0 Å². The summed E-state index contributed by atoms with van der Waals surface area (Å²) in [5, 5.41) is 19.2. The molecule has 2 N–H and O–H groups in total. The third kappa shape index (κ3) is 5.50. The van der Waals surface area contributed by atoms with Crippen LogP contribution in [0.2, 0.25) is 0 Å². The first-order chi connectivity index (χ1) is 17.7. The van der Waals surface area contributed by atoms with Gasteiger partial charge in [0.2, 0.25) is 5.13 Å². The molecule has 1 aromatic carbocycles. The van der Waals surface area contributed by atoms with Crippen LogP contribution in [0.3, 0.4) is 0 Å². The van der Waals surface area contributed by atoms with Crippen LogP contribution in [0.4, 0.5) is 5.13 Å². The minimum Gasteiger partial charge on any atom is -0.494 e. The molecule has 0 amide bonds. The Kier molecular flexibility index (Phi) is 7.90. The largest absolute Gasteiger partial charge is 0.494 e. The molecule has 0 saturated heterocycles. The Morgan fingerprint density at radius 3 is 2.62 bits per heavy atom. The standard InChI is InChI=1S/C26H29N5O4S2/c1-5-34-16-9-7-15(8-10-16)21-17(13-27)23(28)31(18-11-26(3,4)12-19(32)22(18)21)24-29-30-25(37-24)36-14-20(33)35-6-2/h7-10,21H,5-6,11-12,14,28H2,1-4H3. The molecule has 1 aliphatic carbocycles. The smallest absolute Gasteiger partial charge is 0.316 e. The Labute approximate surface area is 224 Å². The fourth-order valence-electron chi connectivity index (χ4n) is 4.66. The van der Waals surface area contributed by atoms with Gasteiger partial charge >= 0.3 is 5.97 Å². The number of allylic oxidation sites excluding steroid dienone is 3. The summed E-state index contributed by atoms with van der Waals surface area (Å²) in [4.78, 5) is 27.1. The lowest BCUT2D eigenvalue weighted by Gasteiger charge is -2.42. The van der Waals surface area contributed by atoms with Gasteiger partial charge in [-0.3, -0.25) is 14.5 Å². The van der Waals surface area contributed by atoms with Crippen LogP contribution in [0.25, 0.3) is 0 Å². The molecule has 1 aliphatic heterocycles. The van der Waals surface area contributed by atoms with E-state index in [4.69, 9.17) is 15.2 Å². The van der Waals surface area contributed by atoms with Crippen LogP contribution >= 0.6 is 23.1 Å². The first-order valence-electron chi connectivity index (χ1n) is 12.0. The molecule has 37 heavy (non-hydrogen) atoms. The maximum Gasteiger partial charge on any atom is 0.316 e. The highest BCUT2D eigenvalue weighted by atomic mass is 32.2. The van der Waals surface area contributed by atoms with E-state index >= 15 is 0 Å². The highest BCUT2D eigenvalue weighted by molar-refractivity contribution is 8.01. The Hall–Kier alpha value is -3.36. The number of thioether (sulfide) groups is 1. The number of ketones is 1. The molecule has 2 aromatic rings. The molecule has 9 nitrogen and oxygen atoms in total. The number of aromatic nitrogens is 2. The maximum absolute atomic E-state index is 13.6. The quantitative estimate of drug-likeness (QED) is 0.377. The van der Waals surface area contributed by atoms with E-state index in [-0.39, 0.29) is 34.3 Å². The number of carbonyl (C=O) groups is 2. The summed E-state index contributed by atoms with van der Waals surface area (Å²) in [6, 6.07) is 9.70. The number of hydrogen-bond acceptors (Lipinski definition) is 11. The zero-order chi connectivity index (χ0) is 26.7. The number of benzene rings is 1. The van der Waals surface area contributed by atoms with E-state index in [2.05, 4.69) is 16.3 Å². The zero-order valence-electron chi connectivity index (χ0n) is 21.2. The lowest BCUT2D eigenvalue weighted by atomic mass is 9.68. The summed E-state index contributed by atoms with van der Waals surface area (Å²) < 4.78 is 11.1. The highest BCUT2D eigenvalue weighted by Crippen LogP contribution is 2.50. The van der Waals surface area contributed by atoms with Crippen molar-refractivity contribution >= 4 is 40.0 Å². The topological polar surface area (TPSA) is 131 Å². The van der Waals surface area contributed by atoms with Crippen molar-refractivity contribution in [2.75, 3.05) is 23.9 Å². The van der Waals surface area contributed by atoms with E-state index < -0.39 is 5.92 Å². The van der Waals surface area contributed by atoms with Crippen molar-refractivity contribution in [1.82, 2.24) is 10.2 Å². The second-order valence-electron chi connectivity index (χ2n) is 9.43. The van der Waals surface area contributed by atoms with Crippen LogP contribution in [0.1, 0.15) is 52.0 Å². The van der Waals surface area contributed by atoms with Crippen molar-refractivity contribution in [1.29, 1.82) is 5.26 Å². The van der Waals surface area contributed by atoms with Crippen LogP contribution in [0.5, 0.6) is 5.75 Å². The predicted octanol–water partition coefficient (Wildman–Crippen LogP) is 4.53. The van der Waals surface area contributed by atoms with E-state index in [1.54, 1.807) is 11.8 Å². The SMILES string of the molecule is CCOC(=O)CSc1nnc(N2C(N)=C(C#N)C(c3ccc(OCC)cc3)C3=C2CC(C)(C)CC3=O)s1. The monoisotopic (exact) mass is 539 g/mol. The van der Waals surface area contributed by atoms with Crippen LogP contribution < -0.4 is 15.4 Å². The molecule has 2 aliphatic rings. The van der Waals surface area contributed by atoms with Crippen molar-refractivity contribution in [2.24, 2.45) is 11.1 Å². The molecular formula is C26H29N5O4S2. The van der Waals surface area contributed by atoms with Gasteiger partial charge in [-0.2, -0.15) is 5.26 Å². The number of ether oxygens (including phenoxy) is 2. The van der Waals surface area contributed by atoms with Gasteiger partial charge in [-0.15, -0.1) is 10.2 Å². The molecule has 0 fully saturated rings. The second-order valence-corrected chi connectivity index (χ2v) is 11.6. The molecular weight excluding hydrogens is 510 g/mol. The minimum atomic E-state index is -0.582. The molecule has 0 radical (unpaired) electrons. The number of anilines is 1. The Morgan fingerprint density at radius 1 is 1.24 bits per heavy atom. The summed E-state index contributed by atoms with van der Waals surface area (Å²) in [5.41, 5.74) is 8.73. The number of hydrogen-bond donors (Lipinski definition) is 1. The molecule has 0 bridgehead atoms. The molecule has 11 heteroatoms. The van der Waals surface area contributed by atoms with Gasteiger partial charge in [-0.05, 0) is 43.4 Å². The summed E-state index contributed by atoms with van der Waals surface area (Å²) in [6.07, 6.45) is 0.939. The molecule has 0 spiro atoms. The lowest BCUT2D eigenvalue weighted by molar-refractivity contribution is -0.139. The number of rotatable bonds is 8. The van der Waals surface area contributed by atoms with Gasteiger partial charge in [0.25, 0.3) is 0 Å². The highest BCUT2D eigenvalue weighted by Gasteiger charge is 2.45.